The van der Waals surface area contributed by atoms with Crippen molar-refractivity contribution in [3.63, 3.8) is 0 Å². The molecule has 0 spiro atoms. The van der Waals surface area contributed by atoms with E-state index in [-0.39, 0.29) is 11.5 Å². The first-order valence-electron chi connectivity index (χ1n) is 8.06. The van der Waals surface area contributed by atoms with Crippen molar-refractivity contribution in [2.75, 3.05) is 5.32 Å². The van der Waals surface area contributed by atoms with E-state index in [0.29, 0.717) is 11.8 Å². The van der Waals surface area contributed by atoms with E-state index in [9.17, 15) is 18.0 Å². The molecule has 3 rings (SSSR count). The maximum Gasteiger partial charge on any atom is 0.421 e. The zero-order valence-electron chi connectivity index (χ0n) is 14.8. The highest BCUT2D eigenvalue weighted by atomic mass is 19.4. The number of carbonyl (C=O) groups excluding carboxylic acids is 1. The van der Waals surface area contributed by atoms with E-state index in [4.69, 9.17) is 4.74 Å². The molecule has 0 unspecified atom stereocenters. The summed E-state index contributed by atoms with van der Waals surface area (Å²) in [4.78, 5) is 16.2. The Kier molecular flexibility index (Phi) is 4.54. The fraction of sp³-hybridized carbons (Fsp3) is 0.278. The van der Waals surface area contributed by atoms with E-state index in [1.165, 1.54) is 6.07 Å². The van der Waals surface area contributed by atoms with Crippen molar-refractivity contribution in [3.8, 4) is 11.3 Å². The second-order valence-corrected chi connectivity index (χ2v) is 6.81. The molecular weight excluding hydrogens is 361 g/mol. The Bertz CT molecular complexity index is 976. The number of aromatic nitrogens is 3. The number of hydrogen-bond donors (Lipinski definition) is 1. The molecule has 0 bridgehead atoms. The van der Waals surface area contributed by atoms with Gasteiger partial charge < -0.3 is 4.74 Å². The minimum absolute atomic E-state index is 0.0172. The molecule has 9 heteroatoms. The van der Waals surface area contributed by atoms with E-state index in [0.717, 1.165) is 4.52 Å². The van der Waals surface area contributed by atoms with Gasteiger partial charge in [0.2, 0.25) is 0 Å². The summed E-state index contributed by atoms with van der Waals surface area (Å²) >= 11 is 0. The molecule has 0 fully saturated rings. The first-order chi connectivity index (χ1) is 12.5. The lowest BCUT2D eigenvalue weighted by Crippen LogP contribution is -2.28. The van der Waals surface area contributed by atoms with Gasteiger partial charge in [-0.2, -0.15) is 22.8 Å². The number of halogens is 3. The van der Waals surface area contributed by atoms with Crippen LogP contribution in [-0.4, -0.2) is 26.3 Å². The molecule has 27 heavy (non-hydrogen) atoms. The number of anilines is 1. The van der Waals surface area contributed by atoms with Crippen LogP contribution in [0, 0.1) is 0 Å². The summed E-state index contributed by atoms with van der Waals surface area (Å²) in [7, 11) is 0. The molecule has 2 aromatic heterocycles. The van der Waals surface area contributed by atoms with Gasteiger partial charge in [-0.15, -0.1) is 0 Å². The summed E-state index contributed by atoms with van der Waals surface area (Å²) in [6.45, 7) is 5.04. The number of amides is 1. The average molecular weight is 378 g/mol. The van der Waals surface area contributed by atoms with Crippen LogP contribution in [0.5, 0.6) is 0 Å². The molecule has 2 heterocycles. The van der Waals surface area contributed by atoms with Crippen LogP contribution in [0.2, 0.25) is 0 Å². The molecule has 3 aromatic rings. The second-order valence-electron chi connectivity index (χ2n) is 6.81. The lowest BCUT2D eigenvalue weighted by Gasteiger charge is -2.20. The molecule has 1 aromatic carbocycles. The van der Waals surface area contributed by atoms with Crippen LogP contribution < -0.4 is 5.32 Å². The van der Waals surface area contributed by atoms with Gasteiger partial charge in [0.15, 0.2) is 5.65 Å². The molecule has 6 nitrogen and oxygen atoms in total. The molecule has 0 saturated carbocycles. The molecular formula is C18H17F3N4O2. The van der Waals surface area contributed by atoms with Crippen LogP contribution in [0.4, 0.5) is 23.8 Å². The Morgan fingerprint density at radius 3 is 2.41 bits per heavy atom. The Hall–Kier alpha value is -3.10. The summed E-state index contributed by atoms with van der Waals surface area (Å²) < 4.78 is 46.0. The lowest BCUT2D eigenvalue weighted by molar-refractivity contribution is -0.136. The van der Waals surface area contributed by atoms with E-state index in [1.807, 2.05) is 0 Å². The topological polar surface area (TPSA) is 68.5 Å². The standard InChI is InChI=1S/C18H17F3N4O2/c1-17(2,3)27-16(26)24-14-9-13(11-7-5-4-6-8-11)23-15-12(18(19,20)21)10-22-25(14)15/h4-10H,1-3H3,(H,24,26). The number of rotatable bonds is 2. The zero-order valence-corrected chi connectivity index (χ0v) is 14.8. The minimum atomic E-state index is -4.63. The first kappa shape index (κ1) is 18.7. The smallest absolute Gasteiger partial charge is 0.421 e. The number of alkyl halides is 3. The number of benzene rings is 1. The summed E-state index contributed by atoms with van der Waals surface area (Å²) in [6, 6.07) is 10.1. The molecule has 142 valence electrons. The van der Waals surface area contributed by atoms with Crippen molar-refractivity contribution in [1.82, 2.24) is 14.6 Å². The van der Waals surface area contributed by atoms with Crippen molar-refractivity contribution >= 4 is 17.6 Å². The van der Waals surface area contributed by atoms with E-state index in [2.05, 4.69) is 15.4 Å². The Balaban J connectivity index is 2.14. The molecule has 0 atom stereocenters. The van der Waals surface area contributed by atoms with Gasteiger partial charge in [-0.05, 0) is 20.8 Å². The highest BCUT2D eigenvalue weighted by Gasteiger charge is 2.36. The third-order valence-corrected chi connectivity index (χ3v) is 3.48. The Labute approximate surface area is 153 Å². The minimum Gasteiger partial charge on any atom is -0.444 e. The van der Waals surface area contributed by atoms with Gasteiger partial charge in [0.05, 0.1) is 11.9 Å². The summed E-state index contributed by atoms with van der Waals surface area (Å²) in [5.74, 6) is 0.0172. The van der Waals surface area contributed by atoms with Gasteiger partial charge in [0.1, 0.15) is 17.0 Å². The normalized spacial score (nSPS) is 12.2. The highest BCUT2D eigenvalue weighted by molar-refractivity contribution is 5.85. The number of nitrogens with zero attached hydrogens (tertiary/aromatic N) is 3. The van der Waals surface area contributed by atoms with Crippen LogP contribution in [0.3, 0.4) is 0 Å². The SMILES string of the molecule is CC(C)(C)OC(=O)Nc1cc(-c2ccccc2)nc2c(C(F)(F)F)cnn12. The summed E-state index contributed by atoms with van der Waals surface area (Å²) in [5.41, 5.74) is -1.30. The second kappa shape index (κ2) is 6.57. The van der Waals surface area contributed by atoms with Crippen LogP contribution >= 0.6 is 0 Å². The number of nitrogens with one attached hydrogen (secondary N) is 1. The largest absolute Gasteiger partial charge is 0.444 e. The van der Waals surface area contributed by atoms with Crippen LogP contribution in [-0.2, 0) is 10.9 Å². The van der Waals surface area contributed by atoms with Crippen LogP contribution in [0.25, 0.3) is 16.9 Å². The van der Waals surface area contributed by atoms with Crippen molar-refractivity contribution in [3.05, 3.63) is 48.2 Å². The van der Waals surface area contributed by atoms with E-state index >= 15 is 0 Å². The third kappa shape index (κ3) is 4.18. The van der Waals surface area contributed by atoms with Gasteiger partial charge in [0, 0.05) is 11.6 Å². The van der Waals surface area contributed by atoms with Crippen LogP contribution in [0.1, 0.15) is 26.3 Å². The quantitative estimate of drug-likeness (QED) is 0.698. The number of hydrogen-bond acceptors (Lipinski definition) is 4. The number of carbonyl (C=O) groups is 1. The highest BCUT2D eigenvalue weighted by Crippen LogP contribution is 2.34. The van der Waals surface area contributed by atoms with Crippen LogP contribution in [0.15, 0.2) is 42.6 Å². The van der Waals surface area contributed by atoms with E-state index < -0.39 is 29.1 Å². The number of ether oxygens (including phenoxy) is 1. The first-order valence-corrected chi connectivity index (χ1v) is 8.06. The van der Waals surface area contributed by atoms with Crippen molar-refractivity contribution in [1.29, 1.82) is 0 Å². The Morgan fingerprint density at radius 1 is 1.15 bits per heavy atom. The molecule has 1 amide bonds. The van der Waals surface area contributed by atoms with Crippen molar-refractivity contribution < 1.29 is 22.7 Å². The predicted molar refractivity (Wildman–Crippen MR) is 93.3 cm³/mol. The summed E-state index contributed by atoms with van der Waals surface area (Å²) in [5, 5.41) is 6.18. The molecule has 0 saturated heterocycles. The molecule has 0 aliphatic carbocycles. The Morgan fingerprint density at radius 2 is 1.81 bits per heavy atom. The van der Waals surface area contributed by atoms with Gasteiger partial charge in [-0.25, -0.2) is 9.78 Å². The molecule has 0 aliphatic heterocycles. The number of fused-ring (bicyclic) bond motifs is 1. The van der Waals surface area contributed by atoms with Gasteiger partial charge in [-0.1, -0.05) is 30.3 Å². The van der Waals surface area contributed by atoms with Gasteiger partial charge >= 0.3 is 12.3 Å². The molecule has 0 radical (unpaired) electrons. The van der Waals surface area contributed by atoms with Crippen molar-refractivity contribution in [2.24, 2.45) is 0 Å². The van der Waals surface area contributed by atoms with Gasteiger partial charge in [-0.3, -0.25) is 5.32 Å². The average Bonchev–Trinajstić information content (AvgIpc) is 2.98. The lowest BCUT2D eigenvalue weighted by atomic mass is 10.1. The van der Waals surface area contributed by atoms with Gasteiger partial charge in [0.25, 0.3) is 0 Å². The predicted octanol–water partition coefficient (Wildman–Crippen LogP) is 4.76. The zero-order chi connectivity index (χ0) is 19.8. The monoisotopic (exact) mass is 378 g/mol. The van der Waals surface area contributed by atoms with Crippen molar-refractivity contribution in [2.45, 2.75) is 32.5 Å². The summed E-state index contributed by atoms with van der Waals surface area (Å²) in [6.07, 6.45) is -4.76. The van der Waals surface area contributed by atoms with E-state index in [1.54, 1.807) is 51.1 Å². The maximum atomic E-state index is 13.3. The fourth-order valence-corrected chi connectivity index (χ4v) is 2.42. The fourth-order valence-electron chi connectivity index (χ4n) is 2.42. The molecule has 0 aliphatic rings. The maximum absolute atomic E-state index is 13.3. The third-order valence-electron chi connectivity index (χ3n) is 3.48. The molecule has 1 N–H and O–H groups in total.